The Morgan fingerprint density at radius 1 is 1.10 bits per heavy atom. The Kier molecular flexibility index (Phi) is 5.13. The summed E-state index contributed by atoms with van der Waals surface area (Å²) < 4.78 is 5.31. The van der Waals surface area contributed by atoms with Crippen LogP contribution >= 0.6 is 0 Å². The topological polar surface area (TPSA) is 85.0 Å². The molecule has 1 aliphatic heterocycles. The van der Waals surface area contributed by atoms with Crippen LogP contribution in [-0.2, 0) is 0 Å². The van der Waals surface area contributed by atoms with Gasteiger partial charge in [0.1, 0.15) is 11.6 Å². The van der Waals surface area contributed by atoms with Crippen LogP contribution in [-0.4, -0.2) is 44.0 Å². The van der Waals surface area contributed by atoms with E-state index in [2.05, 4.69) is 20.1 Å². The molecule has 0 radical (unpaired) electrons. The fourth-order valence-corrected chi connectivity index (χ4v) is 3.93. The van der Waals surface area contributed by atoms with Crippen LogP contribution in [0.25, 0.3) is 11.3 Å². The third kappa shape index (κ3) is 3.90. The molecular formula is C22H25N5O2. The van der Waals surface area contributed by atoms with Gasteiger partial charge in [-0.3, -0.25) is 9.78 Å². The summed E-state index contributed by atoms with van der Waals surface area (Å²) in [5, 5.41) is 4.04. The van der Waals surface area contributed by atoms with Crippen molar-refractivity contribution in [2.24, 2.45) is 0 Å². The summed E-state index contributed by atoms with van der Waals surface area (Å²) in [7, 11) is 0. The van der Waals surface area contributed by atoms with Crippen LogP contribution < -0.4 is 0 Å². The van der Waals surface area contributed by atoms with E-state index >= 15 is 0 Å². The molecule has 0 bridgehead atoms. The molecule has 7 nitrogen and oxygen atoms in total. The number of carbonyl (C=O) groups is 1. The van der Waals surface area contributed by atoms with Crippen LogP contribution in [0, 0.1) is 27.7 Å². The van der Waals surface area contributed by atoms with E-state index in [0.29, 0.717) is 24.6 Å². The summed E-state index contributed by atoms with van der Waals surface area (Å²) in [6.45, 7) is 9.07. The third-order valence-corrected chi connectivity index (χ3v) is 5.51. The van der Waals surface area contributed by atoms with E-state index in [0.717, 1.165) is 52.8 Å². The van der Waals surface area contributed by atoms with Crippen LogP contribution in [0.5, 0.6) is 0 Å². The molecule has 0 atom stereocenters. The van der Waals surface area contributed by atoms with Gasteiger partial charge in [0.15, 0.2) is 0 Å². The van der Waals surface area contributed by atoms with Crippen molar-refractivity contribution in [2.75, 3.05) is 13.1 Å². The van der Waals surface area contributed by atoms with Crippen molar-refractivity contribution < 1.29 is 9.32 Å². The van der Waals surface area contributed by atoms with Crippen molar-refractivity contribution in [1.29, 1.82) is 0 Å². The normalized spacial score (nSPS) is 15.0. The van der Waals surface area contributed by atoms with Crippen molar-refractivity contribution in [1.82, 2.24) is 25.0 Å². The highest BCUT2D eigenvalue weighted by Crippen LogP contribution is 2.31. The number of rotatable bonds is 3. The number of aromatic nitrogens is 4. The fraction of sp³-hybridized carbons (Fsp3) is 0.409. The van der Waals surface area contributed by atoms with Crippen LogP contribution in [0.15, 0.2) is 28.9 Å². The van der Waals surface area contributed by atoms with Crippen LogP contribution in [0.3, 0.4) is 0 Å². The van der Waals surface area contributed by atoms with E-state index in [-0.39, 0.29) is 5.91 Å². The minimum absolute atomic E-state index is 0.0474. The molecule has 0 N–H and O–H groups in total. The van der Waals surface area contributed by atoms with Crippen molar-refractivity contribution in [3.05, 3.63) is 58.6 Å². The maximum Gasteiger partial charge on any atom is 0.255 e. The predicted molar refractivity (Wildman–Crippen MR) is 109 cm³/mol. The first-order chi connectivity index (χ1) is 13.9. The molecule has 4 heterocycles. The lowest BCUT2D eigenvalue weighted by atomic mass is 9.92. The average Bonchev–Trinajstić information content (AvgIpc) is 3.06. The summed E-state index contributed by atoms with van der Waals surface area (Å²) in [6, 6.07) is 5.77. The predicted octanol–water partition coefficient (Wildman–Crippen LogP) is 3.78. The molecule has 0 unspecified atom stereocenters. The Bertz CT molecular complexity index is 1010. The Hall–Kier alpha value is -3.09. The third-order valence-electron chi connectivity index (χ3n) is 5.51. The first kappa shape index (κ1) is 19.2. The number of piperidine rings is 1. The number of hydrogen-bond acceptors (Lipinski definition) is 6. The summed E-state index contributed by atoms with van der Waals surface area (Å²) in [6.07, 6.45) is 3.42. The Labute approximate surface area is 170 Å². The van der Waals surface area contributed by atoms with E-state index in [4.69, 9.17) is 4.52 Å². The SMILES string of the molecule is Cc1ccc(C(=O)N2CCC(c3cc(-c4c(C)noc4C)nc(C)n3)CC2)cn1. The number of likely N-dealkylation sites (tertiary alicyclic amines) is 1. The van der Waals surface area contributed by atoms with Gasteiger partial charge in [-0.1, -0.05) is 5.16 Å². The summed E-state index contributed by atoms with van der Waals surface area (Å²) in [4.78, 5) is 28.2. The minimum atomic E-state index is 0.0474. The molecule has 0 aliphatic carbocycles. The Morgan fingerprint density at radius 3 is 2.48 bits per heavy atom. The maximum atomic E-state index is 12.7. The molecule has 0 spiro atoms. The lowest BCUT2D eigenvalue weighted by Crippen LogP contribution is -2.38. The number of carbonyl (C=O) groups excluding carboxylic acids is 1. The Morgan fingerprint density at radius 2 is 1.86 bits per heavy atom. The first-order valence-corrected chi connectivity index (χ1v) is 9.93. The molecule has 1 saturated heterocycles. The second kappa shape index (κ2) is 7.73. The average molecular weight is 391 g/mol. The monoisotopic (exact) mass is 391 g/mol. The maximum absolute atomic E-state index is 12.7. The van der Waals surface area contributed by atoms with Gasteiger partial charge in [-0.2, -0.15) is 0 Å². The number of nitrogens with zero attached hydrogens (tertiary/aromatic N) is 5. The molecule has 4 rings (SSSR count). The number of aryl methyl sites for hydroxylation is 4. The first-order valence-electron chi connectivity index (χ1n) is 9.93. The standard InChI is InChI=1S/C22H25N5O2/c1-13-5-6-18(12-23-13)22(28)27-9-7-17(8-10-27)19-11-20(25-16(4)24-19)21-14(2)26-29-15(21)3/h5-6,11-12,17H,7-10H2,1-4H3. The van der Waals surface area contributed by atoms with Gasteiger partial charge in [0.25, 0.3) is 5.91 Å². The molecule has 150 valence electrons. The molecule has 0 aromatic carbocycles. The number of pyridine rings is 1. The lowest BCUT2D eigenvalue weighted by Gasteiger charge is -2.32. The minimum Gasteiger partial charge on any atom is -0.361 e. The van der Waals surface area contributed by atoms with E-state index in [1.54, 1.807) is 6.20 Å². The zero-order valence-corrected chi connectivity index (χ0v) is 17.3. The molecular weight excluding hydrogens is 366 g/mol. The van der Waals surface area contributed by atoms with Gasteiger partial charge in [-0.15, -0.1) is 0 Å². The fourth-order valence-electron chi connectivity index (χ4n) is 3.93. The molecule has 29 heavy (non-hydrogen) atoms. The second-order valence-corrected chi connectivity index (χ2v) is 7.68. The molecule has 1 amide bonds. The van der Waals surface area contributed by atoms with Crippen molar-refractivity contribution in [3.63, 3.8) is 0 Å². The van der Waals surface area contributed by atoms with Gasteiger partial charge in [0, 0.05) is 36.6 Å². The van der Waals surface area contributed by atoms with E-state index in [1.165, 1.54) is 0 Å². The highest BCUT2D eigenvalue weighted by Gasteiger charge is 2.26. The zero-order chi connectivity index (χ0) is 20.5. The van der Waals surface area contributed by atoms with E-state index in [9.17, 15) is 4.79 Å². The van der Waals surface area contributed by atoms with Gasteiger partial charge in [0.05, 0.1) is 22.5 Å². The van der Waals surface area contributed by atoms with Crippen LogP contribution in [0.4, 0.5) is 0 Å². The van der Waals surface area contributed by atoms with Crippen molar-refractivity contribution >= 4 is 5.91 Å². The van der Waals surface area contributed by atoms with Crippen molar-refractivity contribution in [2.45, 2.75) is 46.5 Å². The molecule has 0 saturated carbocycles. The molecule has 3 aromatic rings. The summed E-state index contributed by atoms with van der Waals surface area (Å²) >= 11 is 0. The van der Waals surface area contributed by atoms with E-state index in [1.807, 2.05) is 50.8 Å². The molecule has 1 fully saturated rings. The highest BCUT2D eigenvalue weighted by molar-refractivity contribution is 5.94. The van der Waals surface area contributed by atoms with Crippen LogP contribution in [0.2, 0.25) is 0 Å². The van der Waals surface area contributed by atoms with Crippen molar-refractivity contribution in [3.8, 4) is 11.3 Å². The summed E-state index contributed by atoms with van der Waals surface area (Å²) in [5.74, 6) is 1.85. The highest BCUT2D eigenvalue weighted by atomic mass is 16.5. The number of amides is 1. The van der Waals surface area contributed by atoms with Gasteiger partial charge < -0.3 is 9.42 Å². The summed E-state index contributed by atoms with van der Waals surface area (Å²) in [5.41, 5.74) is 5.21. The van der Waals surface area contributed by atoms with Gasteiger partial charge >= 0.3 is 0 Å². The van der Waals surface area contributed by atoms with Gasteiger partial charge in [0.2, 0.25) is 0 Å². The van der Waals surface area contributed by atoms with Gasteiger partial charge in [-0.25, -0.2) is 9.97 Å². The largest absolute Gasteiger partial charge is 0.361 e. The quantitative estimate of drug-likeness (QED) is 0.675. The van der Waals surface area contributed by atoms with Gasteiger partial charge in [-0.05, 0) is 58.7 Å². The lowest BCUT2D eigenvalue weighted by molar-refractivity contribution is 0.0711. The molecule has 3 aromatic heterocycles. The molecule has 7 heteroatoms. The Balaban J connectivity index is 1.50. The number of hydrogen-bond donors (Lipinski definition) is 0. The zero-order valence-electron chi connectivity index (χ0n) is 17.3. The van der Waals surface area contributed by atoms with E-state index < -0.39 is 0 Å². The van der Waals surface area contributed by atoms with Crippen LogP contribution in [0.1, 0.15) is 57.8 Å². The second-order valence-electron chi connectivity index (χ2n) is 7.68. The molecule has 1 aliphatic rings. The smallest absolute Gasteiger partial charge is 0.255 e.